The molecule has 1 N–H and O–H groups in total. The van der Waals surface area contributed by atoms with E-state index in [0.717, 1.165) is 10.5 Å². The summed E-state index contributed by atoms with van der Waals surface area (Å²) in [5.74, 6) is 5.72. The number of hydrogen-bond acceptors (Lipinski definition) is 2. The SMILES string of the molecule is CC#CCCNC(=O)Cc1ccc(S)cc1. The van der Waals surface area contributed by atoms with Crippen LogP contribution in [-0.2, 0) is 11.2 Å². The molecule has 16 heavy (non-hydrogen) atoms. The van der Waals surface area contributed by atoms with E-state index in [2.05, 4.69) is 29.8 Å². The van der Waals surface area contributed by atoms with Crippen molar-refractivity contribution in [3.05, 3.63) is 29.8 Å². The minimum Gasteiger partial charge on any atom is -0.355 e. The molecule has 2 nitrogen and oxygen atoms in total. The first kappa shape index (κ1) is 12.7. The Balaban J connectivity index is 2.33. The fraction of sp³-hybridized carbons (Fsp3) is 0.308. The minimum atomic E-state index is 0.0322. The average molecular weight is 233 g/mol. The normalized spacial score (nSPS) is 9.12. The Kier molecular flexibility index (Phi) is 5.52. The lowest BCUT2D eigenvalue weighted by Crippen LogP contribution is -2.25. The first-order valence-corrected chi connectivity index (χ1v) is 5.61. The van der Waals surface area contributed by atoms with Gasteiger partial charge in [-0.25, -0.2) is 0 Å². The highest BCUT2D eigenvalue weighted by Gasteiger charge is 2.01. The first-order valence-electron chi connectivity index (χ1n) is 5.16. The van der Waals surface area contributed by atoms with Gasteiger partial charge in [0, 0.05) is 17.9 Å². The van der Waals surface area contributed by atoms with Crippen LogP contribution in [0.15, 0.2) is 29.2 Å². The monoisotopic (exact) mass is 233 g/mol. The Bertz CT molecular complexity index is 400. The van der Waals surface area contributed by atoms with Crippen molar-refractivity contribution < 1.29 is 4.79 Å². The number of benzene rings is 1. The predicted molar refractivity (Wildman–Crippen MR) is 68.5 cm³/mol. The van der Waals surface area contributed by atoms with Crippen molar-refractivity contribution >= 4 is 18.5 Å². The molecule has 0 aliphatic rings. The molecular weight excluding hydrogens is 218 g/mol. The molecule has 1 rings (SSSR count). The van der Waals surface area contributed by atoms with Gasteiger partial charge in [-0.1, -0.05) is 12.1 Å². The van der Waals surface area contributed by atoms with Gasteiger partial charge in [0.05, 0.1) is 6.42 Å². The van der Waals surface area contributed by atoms with Gasteiger partial charge in [-0.3, -0.25) is 4.79 Å². The Hall–Kier alpha value is -1.40. The summed E-state index contributed by atoms with van der Waals surface area (Å²) in [6.07, 6.45) is 1.12. The fourth-order valence-electron chi connectivity index (χ4n) is 1.25. The van der Waals surface area contributed by atoms with Crippen molar-refractivity contribution in [1.82, 2.24) is 5.32 Å². The highest BCUT2D eigenvalue weighted by molar-refractivity contribution is 7.80. The van der Waals surface area contributed by atoms with E-state index in [0.29, 0.717) is 19.4 Å². The number of nitrogens with one attached hydrogen (secondary N) is 1. The second-order valence-electron chi connectivity index (χ2n) is 3.37. The number of hydrogen-bond donors (Lipinski definition) is 2. The van der Waals surface area contributed by atoms with Crippen LogP contribution in [0.5, 0.6) is 0 Å². The molecule has 0 heterocycles. The van der Waals surface area contributed by atoms with Gasteiger partial charge in [0.1, 0.15) is 0 Å². The summed E-state index contributed by atoms with van der Waals surface area (Å²) in [6.45, 7) is 2.41. The standard InChI is InChI=1S/C13H15NOS/c1-2-3-4-9-14-13(15)10-11-5-7-12(16)8-6-11/h5-8,16H,4,9-10H2,1H3,(H,14,15). The third kappa shape index (κ3) is 4.90. The minimum absolute atomic E-state index is 0.0322. The van der Waals surface area contributed by atoms with Gasteiger partial charge in [0.15, 0.2) is 0 Å². The quantitative estimate of drug-likeness (QED) is 0.465. The highest BCUT2D eigenvalue weighted by Crippen LogP contribution is 2.07. The Morgan fingerprint density at radius 1 is 1.38 bits per heavy atom. The molecule has 0 bridgehead atoms. The zero-order valence-corrected chi connectivity index (χ0v) is 10.2. The van der Waals surface area contributed by atoms with E-state index in [4.69, 9.17) is 0 Å². The number of amides is 1. The predicted octanol–water partition coefficient (Wildman–Crippen LogP) is 2.05. The maximum absolute atomic E-state index is 11.5. The van der Waals surface area contributed by atoms with E-state index in [-0.39, 0.29) is 5.91 Å². The lowest BCUT2D eigenvalue weighted by Gasteiger charge is -2.03. The molecule has 0 fully saturated rings. The molecule has 84 valence electrons. The molecule has 3 heteroatoms. The Morgan fingerprint density at radius 2 is 2.06 bits per heavy atom. The van der Waals surface area contributed by atoms with Crippen LogP contribution in [0.4, 0.5) is 0 Å². The average Bonchev–Trinajstić information content (AvgIpc) is 2.28. The molecule has 0 saturated carbocycles. The number of carbonyl (C=O) groups excluding carboxylic acids is 1. The number of thiol groups is 1. The van der Waals surface area contributed by atoms with Gasteiger partial charge in [-0.2, -0.15) is 0 Å². The van der Waals surface area contributed by atoms with E-state index >= 15 is 0 Å². The van der Waals surface area contributed by atoms with Crippen LogP contribution in [0.2, 0.25) is 0 Å². The molecule has 1 aromatic carbocycles. The van der Waals surface area contributed by atoms with Gasteiger partial charge in [-0.05, 0) is 24.6 Å². The molecule has 0 unspecified atom stereocenters. The van der Waals surface area contributed by atoms with Crippen LogP contribution in [0.25, 0.3) is 0 Å². The van der Waals surface area contributed by atoms with E-state index in [9.17, 15) is 4.79 Å². The van der Waals surface area contributed by atoms with Crippen molar-refractivity contribution in [2.24, 2.45) is 0 Å². The third-order valence-electron chi connectivity index (χ3n) is 2.05. The maximum Gasteiger partial charge on any atom is 0.224 e. The van der Waals surface area contributed by atoms with Crippen molar-refractivity contribution in [2.45, 2.75) is 24.7 Å². The lowest BCUT2D eigenvalue weighted by atomic mass is 10.1. The molecule has 0 saturated heterocycles. The van der Waals surface area contributed by atoms with Crippen molar-refractivity contribution in [1.29, 1.82) is 0 Å². The Morgan fingerprint density at radius 3 is 2.69 bits per heavy atom. The third-order valence-corrected chi connectivity index (χ3v) is 2.35. The van der Waals surface area contributed by atoms with Gasteiger partial charge < -0.3 is 5.32 Å². The summed E-state index contributed by atoms with van der Waals surface area (Å²) in [5.41, 5.74) is 0.997. The van der Waals surface area contributed by atoms with Crippen molar-refractivity contribution in [3.8, 4) is 11.8 Å². The topological polar surface area (TPSA) is 29.1 Å². The molecule has 0 radical (unpaired) electrons. The van der Waals surface area contributed by atoms with Crippen LogP contribution in [0, 0.1) is 11.8 Å². The van der Waals surface area contributed by atoms with Crippen LogP contribution in [0.3, 0.4) is 0 Å². The van der Waals surface area contributed by atoms with Crippen molar-refractivity contribution in [3.63, 3.8) is 0 Å². The summed E-state index contributed by atoms with van der Waals surface area (Å²) < 4.78 is 0. The first-order chi connectivity index (χ1) is 7.72. The molecular formula is C13H15NOS. The highest BCUT2D eigenvalue weighted by atomic mass is 32.1. The molecule has 1 amide bonds. The lowest BCUT2D eigenvalue weighted by molar-refractivity contribution is -0.120. The summed E-state index contributed by atoms with van der Waals surface area (Å²) >= 11 is 4.19. The van der Waals surface area contributed by atoms with Crippen LogP contribution >= 0.6 is 12.6 Å². The molecule has 0 aliphatic carbocycles. The molecule has 0 atom stereocenters. The smallest absolute Gasteiger partial charge is 0.224 e. The second kappa shape index (κ2) is 6.97. The van der Waals surface area contributed by atoms with Gasteiger partial charge in [0.25, 0.3) is 0 Å². The van der Waals surface area contributed by atoms with Crippen LogP contribution in [0.1, 0.15) is 18.9 Å². The molecule has 0 aromatic heterocycles. The summed E-state index contributed by atoms with van der Waals surface area (Å²) in [4.78, 5) is 12.4. The van der Waals surface area contributed by atoms with Gasteiger partial charge >= 0.3 is 0 Å². The van der Waals surface area contributed by atoms with E-state index < -0.39 is 0 Å². The summed E-state index contributed by atoms with van der Waals surface area (Å²) in [6, 6.07) is 7.59. The second-order valence-corrected chi connectivity index (χ2v) is 3.89. The number of carbonyl (C=O) groups is 1. The summed E-state index contributed by atoms with van der Waals surface area (Å²) in [5, 5.41) is 2.82. The molecule has 1 aromatic rings. The van der Waals surface area contributed by atoms with E-state index in [1.165, 1.54) is 0 Å². The fourth-order valence-corrected chi connectivity index (χ4v) is 1.40. The van der Waals surface area contributed by atoms with E-state index in [1.807, 2.05) is 24.3 Å². The zero-order valence-electron chi connectivity index (χ0n) is 9.29. The molecule has 0 aliphatic heterocycles. The zero-order chi connectivity index (χ0) is 11.8. The van der Waals surface area contributed by atoms with Crippen molar-refractivity contribution in [2.75, 3.05) is 6.54 Å². The molecule has 0 spiro atoms. The largest absolute Gasteiger partial charge is 0.355 e. The van der Waals surface area contributed by atoms with E-state index in [1.54, 1.807) is 6.92 Å². The maximum atomic E-state index is 11.5. The van der Waals surface area contributed by atoms with Gasteiger partial charge in [-0.15, -0.1) is 24.5 Å². The van der Waals surface area contributed by atoms with Gasteiger partial charge in [0.2, 0.25) is 5.91 Å². The summed E-state index contributed by atoms with van der Waals surface area (Å²) in [7, 11) is 0. The van der Waals surface area contributed by atoms with Crippen LogP contribution in [-0.4, -0.2) is 12.5 Å². The number of rotatable bonds is 4. The Labute approximate surface area is 102 Å². The van der Waals surface area contributed by atoms with Crippen LogP contribution < -0.4 is 5.32 Å².